The van der Waals surface area contributed by atoms with Crippen LogP contribution in [0.2, 0.25) is 0 Å². The number of ether oxygens (including phenoxy) is 1. The van der Waals surface area contributed by atoms with Gasteiger partial charge in [0.1, 0.15) is 5.75 Å². The number of amides is 1. The van der Waals surface area contributed by atoms with Gasteiger partial charge in [0.2, 0.25) is 5.91 Å². The number of hydrazine groups is 1. The summed E-state index contributed by atoms with van der Waals surface area (Å²) in [6.07, 6.45) is 3.75. The normalized spacial score (nSPS) is 25.3. The van der Waals surface area contributed by atoms with Crippen molar-refractivity contribution in [3.63, 3.8) is 0 Å². The summed E-state index contributed by atoms with van der Waals surface area (Å²) in [6.45, 7) is 4.60. The van der Waals surface area contributed by atoms with Gasteiger partial charge in [0, 0.05) is 31.6 Å². The number of rotatable bonds is 6. The molecule has 2 aliphatic heterocycles. The fraction of sp³-hybridized carbons (Fsp3) is 0.650. The number of carbonyl (C=O) groups excluding carboxylic acids is 1. The highest BCUT2D eigenvalue weighted by Crippen LogP contribution is 2.33. The molecule has 0 radical (unpaired) electrons. The third-order valence-corrected chi connectivity index (χ3v) is 5.82. The number of nitrogens with one attached hydrogen (secondary N) is 2. The number of likely N-dealkylation sites (tertiary alicyclic amines) is 1. The van der Waals surface area contributed by atoms with Crippen LogP contribution in [-0.4, -0.2) is 49.6 Å². The van der Waals surface area contributed by atoms with E-state index < -0.39 is 0 Å². The predicted molar refractivity (Wildman–Crippen MR) is 103 cm³/mol. The van der Waals surface area contributed by atoms with E-state index in [0.717, 1.165) is 51.1 Å². The molecule has 2 unspecified atom stereocenters. The summed E-state index contributed by atoms with van der Waals surface area (Å²) in [6, 6.07) is 8.39. The molecule has 144 valence electrons. The maximum Gasteiger partial charge on any atom is 0.239 e. The second-order valence-electron chi connectivity index (χ2n) is 7.49. The molecule has 2 aliphatic rings. The lowest BCUT2D eigenvalue weighted by Gasteiger charge is -2.37. The number of nitrogens with zero attached hydrogens (tertiary/aromatic N) is 1. The van der Waals surface area contributed by atoms with Crippen molar-refractivity contribution < 1.29 is 9.53 Å². The van der Waals surface area contributed by atoms with E-state index >= 15 is 0 Å². The van der Waals surface area contributed by atoms with E-state index in [1.807, 2.05) is 11.0 Å². The molecule has 3 atom stereocenters. The van der Waals surface area contributed by atoms with Gasteiger partial charge in [-0.05, 0) is 42.9 Å². The molecule has 1 aromatic rings. The van der Waals surface area contributed by atoms with E-state index in [-0.39, 0.29) is 11.9 Å². The standard InChI is InChI=1S/C20H32N4O2/c1-3-5-18(21)20(25)24-10-8-14(9-11-24)19-17(13-22-23-19)15-6-4-7-16(12-15)26-2/h4,6-7,12,14,17-19,22-23H,3,5,8-11,13,21H2,1-2H3/t17?,18-,19?/m0/s1. The SMILES string of the molecule is CCC[C@H](N)C(=O)N1CCC(C2NNCC2c2cccc(OC)c2)CC1. The van der Waals surface area contributed by atoms with Crippen LogP contribution < -0.4 is 21.3 Å². The van der Waals surface area contributed by atoms with Gasteiger partial charge in [-0.25, -0.2) is 0 Å². The number of nitrogens with two attached hydrogens (primary N) is 1. The highest BCUT2D eigenvalue weighted by atomic mass is 16.5. The van der Waals surface area contributed by atoms with Crippen LogP contribution in [0.3, 0.4) is 0 Å². The number of methoxy groups -OCH3 is 1. The molecule has 2 saturated heterocycles. The molecular formula is C20H32N4O2. The molecule has 0 bridgehead atoms. The Balaban J connectivity index is 1.60. The Bertz CT molecular complexity index is 601. The Morgan fingerprint density at radius 3 is 2.85 bits per heavy atom. The monoisotopic (exact) mass is 360 g/mol. The Morgan fingerprint density at radius 1 is 1.38 bits per heavy atom. The Kier molecular flexibility index (Phi) is 6.51. The van der Waals surface area contributed by atoms with Crippen molar-refractivity contribution >= 4 is 5.91 Å². The lowest BCUT2D eigenvalue weighted by Crippen LogP contribution is -2.50. The minimum absolute atomic E-state index is 0.118. The van der Waals surface area contributed by atoms with E-state index in [4.69, 9.17) is 10.5 Å². The average molecular weight is 361 g/mol. The van der Waals surface area contributed by atoms with Crippen molar-refractivity contribution in [2.75, 3.05) is 26.7 Å². The number of hydrogen-bond donors (Lipinski definition) is 3. The summed E-state index contributed by atoms with van der Waals surface area (Å²) < 4.78 is 5.38. The van der Waals surface area contributed by atoms with Gasteiger partial charge < -0.3 is 15.4 Å². The Labute approximate surface area is 156 Å². The molecule has 4 N–H and O–H groups in total. The van der Waals surface area contributed by atoms with Gasteiger partial charge in [-0.15, -0.1) is 0 Å². The number of hydrogen-bond acceptors (Lipinski definition) is 5. The third kappa shape index (κ3) is 4.19. The van der Waals surface area contributed by atoms with Crippen LogP contribution in [0.4, 0.5) is 0 Å². The highest BCUT2D eigenvalue weighted by Gasteiger charge is 2.37. The van der Waals surface area contributed by atoms with Crippen LogP contribution in [0.1, 0.15) is 44.1 Å². The van der Waals surface area contributed by atoms with Gasteiger partial charge in [0.05, 0.1) is 13.2 Å². The predicted octanol–water partition coefficient (Wildman–Crippen LogP) is 1.62. The zero-order chi connectivity index (χ0) is 18.5. The van der Waals surface area contributed by atoms with Crippen molar-refractivity contribution in [2.24, 2.45) is 11.7 Å². The first-order chi connectivity index (χ1) is 12.6. The second kappa shape index (κ2) is 8.84. The zero-order valence-electron chi connectivity index (χ0n) is 15.9. The summed E-state index contributed by atoms with van der Waals surface area (Å²) in [7, 11) is 1.71. The van der Waals surface area contributed by atoms with Crippen molar-refractivity contribution in [3.8, 4) is 5.75 Å². The largest absolute Gasteiger partial charge is 0.497 e. The van der Waals surface area contributed by atoms with Gasteiger partial charge >= 0.3 is 0 Å². The molecule has 2 heterocycles. The van der Waals surface area contributed by atoms with Crippen LogP contribution in [0.25, 0.3) is 0 Å². The average Bonchev–Trinajstić information content (AvgIpc) is 3.17. The molecule has 6 nitrogen and oxygen atoms in total. The fourth-order valence-corrected chi connectivity index (χ4v) is 4.31. The second-order valence-corrected chi connectivity index (χ2v) is 7.49. The first kappa shape index (κ1) is 19.1. The van der Waals surface area contributed by atoms with Crippen molar-refractivity contribution in [1.29, 1.82) is 0 Å². The number of benzene rings is 1. The summed E-state index contributed by atoms with van der Waals surface area (Å²) in [5.74, 6) is 1.98. The molecule has 0 aromatic heterocycles. The first-order valence-electron chi connectivity index (χ1n) is 9.80. The van der Waals surface area contributed by atoms with Crippen LogP contribution in [0.5, 0.6) is 5.75 Å². The van der Waals surface area contributed by atoms with Crippen molar-refractivity contribution in [1.82, 2.24) is 15.8 Å². The van der Waals surface area contributed by atoms with E-state index in [0.29, 0.717) is 17.9 Å². The summed E-state index contributed by atoms with van der Waals surface area (Å²) in [5, 5.41) is 0. The van der Waals surface area contributed by atoms with E-state index in [1.165, 1.54) is 5.56 Å². The molecular weight excluding hydrogens is 328 g/mol. The van der Waals surface area contributed by atoms with Gasteiger partial charge in [0.25, 0.3) is 0 Å². The zero-order valence-corrected chi connectivity index (χ0v) is 15.9. The van der Waals surface area contributed by atoms with Gasteiger partial charge in [-0.3, -0.25) is 15.6 Å². The van der Waals surface area contributed by atoms with Gasteiger partial charge in [0.15, 0.2) is 0 Å². The lowest BCUT2D eigenvalue weighted by molar-refractivity contribution is -0.134. The fourth-order valence-electron chi connectivity index (χ4n) is 4.31. The van der Waals surface area contributed by atoms with Gasteiger partial charge in [-0.1, -0.05) is 25.5 Å². The maximum absolute atomic E-state index is 12.4. The highest BCUT2D eigenvalue weighted by molar-refractivity contribution is 5.81. The number of piperidine rings is 1. The van der Waals surface area contributed by atoms with E-state index in [1.54, 1.807) is 7.11 Å². The van der Waals surface area contributed by atoms with Crippen molar-refractivity contribution in [3.05, 3.63) is 29.8 Å². The molecule has 0 spiro atoms. The topological polar surface area (TPSA) is 79.6 Å². The molecule has 1 amide bonds. The molecule has 26 heavy (non-hydrogen) atoms. The maximum atomic E-state index is 12.4. The first-order valence-corrected chi connectivity index (χ1v) is 9.80. The van der Waals surface area contributed by atoms with Crippen LogP contribution in [0.15, 0.2) is 24.3 Å². The minimum Gasteiger partial charge on any atom is -0.497 e. The molecule has 0 aliphatic carbocycles. The van der Waals surface area contributed by atoms with E-state index in [2.05, 4.69) is 36.0 Å². The van der Waals surface area contributed by atoms with Crippen molar-refractivity contribution in [2.45, 2.75) is 50.6 Å². The third-order valence-electron chi connectivity index (χ3n) is 5.82. The van der Waals surface area contributed by atoms with Crippen LogP contribution in [-0.2, 0) is 4.79 Å². The minimum atomic E-state index is -0.340. The Hall–Kier alpha value is -1.63. The molecule has 0 saturated carbocycles. The van der Waals surface area contributed by atoms with Crippen LogP contribution >= 0.6 is 0 Å². The smallest absolute Gasteiger partial charge is 0.239 e. The molecule has 2 fully saturated rings. The van der Waals surface area contributed by atoms with Gasteiger partial charge in [-0.2, -0.15) is 0 Å². The Morgan fingerprint density at radius 2 is 2.15 bits per heavy atom. The summed E-state index contributed by atoms with van der Waals surface area (Å²) in [5.41, 5.74) is 14.1. The molecule has 3 rings (SSSR count). The number of carbonyl (C=O) groups is 1. The summed E-state index contributed by atoms with van der Waals surface area (Å²) in [4.78, 5) is 14.4. The molecule has 6 heteroatoms. The van der Waals surface area contributed by atoms with E-state index in [9.17, 15) is 4.79 Å². The molecule has 1 aromatic carbocycles. The van der Waals surface area contributed by atoms with Crippen LogP contribution in [0, 0.1) is 5.92 Å². The lowest BCUT2D eigenvalue weighted by atomic mass is 9.80. The summed E-state index contributed by atoms with van der Waals surface area (Å²) >= 11 is 0. The quantitative estimate of drug-likeness (QED) is 0.718.